The van der Waals surface area contributed by atoms with Crippen LogP contribution in [0.2, 0.25) is 0 Å². The second-order valence-corrected chi connectivity index (χ2v) is 5.00. The average molecular weight is 240 g/mol. The highest BCUT2D eigenvalue weighted by Gasteiger charge is 2.14. The molecular formula is C12H20N2OS. The predicted molar refractivity (Wildman–Crippen MR) is 68.3 cm³/mol. The van der Waals surface area contributed by atoms with E-state index < -0.39 is 0 Å². The van der Waals surface area contributed by atoms with Crippen LogP contribution in [0, 0.1) is 5.92 Å². The molecule has 3 N–H and O–H groups in total. The van der Waals surface area contributed by atoms with Crippen molar-refractivity contribution in [1.82, 2.24) is 5.32 Å². The van der Waals surface area contributed by atoms with Gasteiger partial charge in [0.05, 0.1) is 6.04 Å². The van der Waals surface area contributed by atoms with Crippen LogP contribution in [0.5, 0.6) is 0 Å². The van der Waals surface area contributed by atoms with Gasteiger partial charge in [-0.3, -0.25) is 4.79 Å². The first-order valence-corrected chi connectivity index (χ1v) is 6.58. The van der Waals surface area contributed by atoms with Gasteiger partial charge in [0.2, 0.25) is 5.91 Å². The summed E-state index contributed by atoms with van der Waals surface area (Å²) in [7, 11) is 0. The fourth-order valence-electron chi connectivity index (χ4n) is 1.57. The number of nitrogens with two attached hydrogens (primary N) is 1. The molecule has 0 fully saturated rings. The van der Waals surface area contributed by atoms with Gasteiger partial charge in [-0.15, -0.1) is 11.3 Å². The van der Waals surface area contributed by atoms with Crippen LogP contribution in [-0.4, -0.2) is 12.5 Å². The second-order valence-electron chi connectivity index (χ2n) is 4.02. The first-order valence-electron chi connectivity index (χ1n) is 5.70. The molecule has 0 aliphatic heterocycles. The van der Waals surface area contributed by atoms with E-state index in [-0.39, 0.29) is 11.9 Å². The molecule has 0 saturated carbocycles. The molecule has 1 heterocycles. The molecule has 90 valence electrons. The highest BCUT2D eigenvalue weighted by atomic mass is 32.1. The van der Waals surface area contributed by atoms with Crippen LogP contribution >= 0.6 is 11.3 Å². The number of thiophene rings is 1. The zero-order valence-corrected chi connectivity index (χ0v) is 10.7. The van der Waals surface area contributed by atoms with Crippen molar-refractivity contribution >= 4 is 17.2 Å². The maximum Gasteiger partial charge on any atom is 0.220 e. The molecule has 0 radical (unpaired) electrons. The van der Waals surface area contributed by atoms with Crippen LogP contribution in [0.1, 0.15) is 37.6 Å². The van der Waals surface area contributed by atoms with Crippen molar-refractivity contribution in [3.05, 3.63) is 22.4 Å². The van der Waals surface area contributed by atoms with Crippen LogP contribution < -0.4 is 11.1 Å². The summed E-state index contributed by atoms with van der Waals surface area (Å²) in [6, 6.07) is 4.13. The Bertz CT molecular complexity index is 307. The Balaban J connectivity index is 2.39. The molecule has 4 heteroatoms. The largest absolute Gasteiger partial charge is 0.349 e. The Labute approximate surface area is 101 Å². The lowest BCUT2D eigenvalue weighted by atomic mass is 10.0. The lowest BCUT2D eigenvalue weighted by Crippen LogP contribution is -2.29. The van der Waals surface area contributed by atoms with Gasteiger partial charge in [0.15, 0.2) is 0 Å². The molecule has 0 saturated heterocycles. The topological polar surface area (TPSA) is 55.1 Å². The lowest BCUT2D eigenvalue weighted by molar-refractivity contribution is -0.122. The number of carbonyl (C=O) groups excluding carboxylic acids is 1. The third kappa shape index (κ3) is 3.94. The molecule has 0 spiro atoms. The van der Waals surface area contributed by atoms with Gasteiger partial charge in [-0.2, -0.15) is 0 Å². The summed E-state index contributed by atoms with van der Waals surface area (Å²) in [6.45, 7) is 4.65. The number of amides is 1. The molecule has 1 rings (SSSR count). The van der Waals surface area contributed by atoms with Gasteiger partial charge in [0, 0.05) is 11.3 Å². The van der Waals surface area contributed by atoms with E-state index in [1.165, 1.54) is 4.88 Å². The van der Waals surface area contributed by atoms with Crippen molar-refractivity contribution in [3.63, 3.8) is 0 Å². The van der Waals surface area contributed by atoms with E-state index in [9.17, 15) is 4.79 Å². The quantitative estimate of drug-likeness (QED) is 0.801. The summed E-state index contributed by atoms with van der Waals surface area (Å²) in [5.74, 6) is 0.397. The number of hydrogen-bond acceptors (Lipinski definition) is 3. The zero-order valence-electron chi connectivity index (χ0n) is 9.90. The molecule has 0 aromatic carbocycles. The Morgan fingerprint density at radius 3 is 2.88 bits per heavy atom. The molecule has 1 aromatic rings. The van der Waals surface area contributed by atoms with E-state index in [0.717, 1.165) is 6.42 Å². The second kappa shape index (κ2) is 6.66. The molecule has 2 atom stereocenters. The molecule has 0 aliphatic carbocycles. The summed E-state index contributed by atoms with van der Waals surface area (Å²) in [4.78, 5) is 12.9. The van der Waals surface area contributed by atoms with Gasteiger partial charge >= 0.3 is 0 Å². The summed E-state index contributed by atoms with van der Waals surface area (Å²) in [6.07, 6.45) is 1.49. The number of hydrogen-bond donors (Lipinski definition) is 2. The van der Waals surface area contributed by atoms with Crippen molar-refractivity contribution in [2.45, 2.75) is 32.7 Å². The third-order valence-electron chi connectivity index (χ3n) is 2.73. The predicted octanol–water partition coefficient (Wildman–Crippen LogP) is 2.30. The van der Waals surface area contributed by atoms with Crippen molar-refractivity contribution < 1.29 is 4.79 Å². The average Bonchev–Trinajstić information content (AvgIpc) is 2.79. The maximum absolute atomic E-state index is 11.7. The fraction of sp³-hybridized carbons (Fsp3) is 0.583. The monoisotopic (exact) mass is 240 g/mol. The number of nitrogens with one attached hydrogen (secondary N) is 1. The SMILES string of the molecule is CCC(CN)CC(=O)N[C@@H](C)c1cccs1. The Kier molecular flexibility index (Phi) is 5.49. The van der Waals surface area contributed by atoms with Crippen LogP contribution in [0.25, 0.3) is 0 Å². The van der Waals surface area contributed by atoms with Crippen molar-refractivity contribution in [2.24, 2.45) is 11.7 Å². The molecule has 1 unspecified atom stereocenters. The Morgan fingerprint density at radius 2 is 2.38 bits per heavy atom. The smallest absolute Gasteiger partial charge is 0.220 e. The van der Waals surface area contributed by atoms with E-state index in [2.05, 4.69) is 12.2 Å². The van der Waals surface area contributed by atoms with Gasteiger partial charge in [-0.1, -0.05) is 19.4 Å². The van der Waals surface area contributed by atoms with Crippen LogP contribution in [-0.2, 0) is 4.79 Å². The molecule has 3 nitrogen and oxygen atoms in total. The van der Waals surface area contributed by atoms with Crippen molar-refractivity contribution in [2.75, 3.05) is 6.54 Å². The number of carbonyl (C=O) groups is 1. The van der Waals surface area contributed by atoms with E-state index in [1.807, 2.05) is 24.4 Å². The van der Waals surface area contributed by atoms with Gasteiger partial charge in [-0.25, -0.2) is 0 Å². The van der Waals surface area contributed by atoms with Crippen LogP contribution in [0.3, 0.4) is 0 Å². The summed E-state index contributed by atoms with van der Waals surface area (Å²) in [5.41, 5.74) is 5.58. The highest BCUT2D eigenvalue weighted by Crippen LogP contribution is 2.18. The van der Waals surface area contributed by atoms with E-state index >= 15 is 0 Å². The van der Waals surface area contributed by atoms with E-state index in [1.54, 1.807) is 11.3 Å². The summed E-state index contributed by atoms with van der Waals surface area (Å²) in [5, 5.41) is 5.02. The number of rotatable bonds is 6. The minimum Gasteiger partial charge on any atom is -0.349 e. The fourth-order valence-corrected chi connectivity index (χ4v) is 2.30. The minimum absolute atomic E-state index is 0.0956. The van der Waals surface area contributed by atoms with Gasteiger partial charge in [0.1, 0.15) is 0 Å². The third-order valence-corrected chi connectivity index (χ3v) is 3.79. The Hall–Kier alpha value is -0.870. The van der Waals surface area contributed by atoms with Crippen molar-refractivity contribution in [3.8, 4) is 0 Å². The van der Waals surface area contributed by atoms with Gasteiger partial charge < -0.3 is 11.1 Å². The molecule has 0 aliphatic rings. The summed E-state index contributed by atoms with van der Waals surface area (Å²) >= 11 is 1.66. The Morgan fingerprint density at radius 1 is 1.62 bits per heavy atom. The molecule has 1 aromatic heterocycles. The van der Waals surface area contributed by atoms with Gasteiger partial charge in [-0.05, 0) is 30.8 Å². The van der Waals surface area contributed by atoms with Gasteiger partial charge in [0.25, 0.3) is 0 Å². The lowest BCUT2D eigenvalue weighted by Gasteiger charge is -2.15. The van der Waals surface area contributed by atoms with E-state index in [0.29, 0.717) is 18.9 Å². The molecule has 16 heavy (non-hydrogen) atoms. The van der Waals surface area contributed by atoms with Crippen molar-refractivity contribution in [1.29, 1.82) is 0 Å². The van der Waals surface area contributed by atoms with Crippen LogP contribution in [0.4, 0.5) is 0 Å². The standard InChI is InChI=1S/C12H20N2OS/c1-3-10(8-13)7-12(15)14-9(2)11-5-4-6-16-11/h4-6,9-10H,3,7-8,13H2,1-2H3,(H,14,15)/t9-,10?/m0/s1. The molecule has 1 amide bonds. The summed E-state index contributed by atoms with van der Waals surface area (Å²) < 4.78 is 0. The first kappa shape index (κ1) is 13.2. The molecule has 0 bridgehead atoms. The molecular weight excluding hydrogens is 220 g/mol. The van der Waals surface area contributed by atoms with E-state index in [4.69, 9.17) is 5.73 Å². The normalized spacial score (nSPS) is 14.4. The minimum atomic E-state index is 0.0956. The van der Waals surface area contributed by atoms with Crippen LogP contribution in [0.15, 0.2) is 17.5 Å². The maximum atomic E-state index is 11.7. The zero-order chi connectivity index (χ0) is 12.0. The first-order chi connectivity index (χ1) is 7.67. The highest BCUT2D eigenvalue weighted by molar-refractivity contribution is 7.10.